The minimum atomic E-state index is -0.315. The number of ether oxygens (including phenoxy) is 2. The van der Waals surface area contributed by atoms with E-state index in [-0.39, 0.29) is 6.03 Å². The Morgan fingerprint density at radius 3 is 2.08 bits per heavy atom. The number of amides is 2. The second kappa shape index (κ2) is 7.88. The molecule has 3 aromatic rings. The third-order valence-electron chi connectivity index (χ3n) is 3.40. The van der Waals surface area contributed by atoms with E-state index in [1.807, 2.05) is 60.7 Å². The van der Waals surface area contributed by atoms with Crippen LogP contribution in [0, 0.1) is 0 Å². The van der Waals surface area contributed by atoms with Crippen LogP contribution in [-0.2, 0) is 0 Å². The molecule has 0 aromatic heterocycles. The largest absolute Gasteiger partial charge is 0.497 e. The monoisotopic (exact) mass is 334 g/mol. The van der Waals surface area contributed by atoms with Gasteiger partial charge in [-0.15, -0.1) is 0 Å². The van der Waals surface area contributed by atoms with E-state index in [9.17, 15) is 4.79 Å². The maximum atomic E-state index is 12.1. The molecule has 5 nitrogen and oxygen atoms in total. The first-order chi connectivity index (χ1) is 12.2. The molecule has 3 aromatic carbocycles. The van der Waals surface area contributed by atoms with Gasteiger partial charge in [0.05, 0.1) is 7.11 Å². The lowest BCUT2D eigenvalue weighted by atomic mass is 10.3. The van der Waals surface area contributed by atoms with Gasteiger partial charge in [-0.25, -0.2) is 4.79 Å². The molecule has 0 spiro atoms. The summed E-state index contributed by atoms with van der Waals surface area (Å²) in [5.74, 6) is 1.99. The first-order valence-electron chi connectivity index (χ1n) is 7.78. The second-order valence-corrected chi connectivity index (χ2v) is 5.25. The number of para-hydroxylation sites is 1. The quantitative estimate of drug-likeness (QED) is 0.680. The summed E-state index contributed by atoms with van der Waals surface area (Å²) < 4.78 is 11.0. The summed E-state index contributed by atoms with van der Waals surface area (Å²) in [4.78, 5) is 12.1. The van der Waals surface area contributed by atoms with E-state index in [2.05, 4.69) is 10.6 Å². The van der Waals surface area contributed by atoms with Crippen molar-refractivity contribution in [3.63, 3.8) is 0 Å². The molecule has 0 radical (unpaired) electrons. The van der Waals surface area contributed by atoms with Gasteiger partial charge in [-0.3, -0.25) is 0 Å². The first-order valence-corrected chi connectivity index (χ1v) is 7.78. The summed E-state index contributed by atoms with van der Waals surface area (Å²) in [6, 6.07) is 23.4. The Morgan fingerprint density at radius 1 is 0.720 bits per heavy atom. The Labute approximate surface area is 146 Å². The number of benzene rings is 3. The molecule has 0 saturated carbocycles. The van der Waals surface area contributed by atoms with Gasteiger partial charge in [0.2, 0.25) is 0 Å². The van der Waals surface area contributed by atoms with Gasteiger partial charge in [-0.1, -0.05) is 30.3 Å². The van der Waals surface area contributed by atoms with E-state index < -0.39 is 0 Å². The van der Waals surface area contributed by atoms with Crippen molar-refractivity contribution in [2.24, 2.45) is 0 Å². The maximum Gasteiger partial charge on any atom is 0.323 e. The van der Waals surface area contributed by atoms with Crippen LogP contribution < -0.4 is 20.1 Å². The number of methoxy groups -OCH3 is 1. The van der Waals surface area contributed by atoms with Crippen LogP contribution in [0.3, 0.4) is 0 Å². The molecule has 126 valence electrons. The molecule has 25 heavy (non-hydrogen) atoms. The molecule has 0 heterocycles. The van der Waals surface area contributed by atoms with Crippen LogP contribution in [-0.4, -0.2) is 13.1 Å². The molecule has 5 heteroatoms. The second-order valence-electron chi connectivity index (χ2n) is 5.25. The number of nitrogens with one attached hydrogen (secondary N) is 2. The van der Waals surface area contributed by atoms with Gasteiger partial charge in [-0.05, 0) is 36.4 Å². The van der Waals surface area contributed by atoms with E-state index in [0.29, 0.717) is 22.9 Å². The van der Waals surface area contributed by atoms with Crippen LogP contribution >= 0.6 is 0 Å². The van der Waals surface area contributed by atoms with Crippen molar-refractivity contribution in [3.8, 4) is 17.2 Å². The summed E-state index contributed by atoms with van der Waals surface area (Å²) in [6.45, 7) is 0. The average Bonchev–Trinajstić information content (AvgIpc) is 2.63. The molecule has 0 aliphatic rings. The fourth-order valence-corrected chi connectivity index (χ4v) is 2.25. The van der Waals surface area contributed by atoms with E-state index in [1.165, 1.54) is 0 Å². The summed E-state index contributed by atoms with van der Waals surface area (Å²) in [6.07, 6.45) is 0. The maximum absolute atomic E-state index is 12.1. The number of carbonyl (C=O) groups is 1. The van der Waals surface area contributed by atoms with Gasteiger partial charge >= 0.3 is 6.03 Å². The van der Waals surface area contributed by atoms with Crippen LogP contribution in [0.4, 0.5) is 16.2 Å². The van der Waals surface area contributed by atoms with Gasteiger partial charge < -0.3 is 20.1 Å². The van der Waals surface area contributed by atoms with Gasteiger partial charge in [0.1, 0.15) is 17.2 Å². The molecule has 0 aliphatic carbocycles. The van der Waals surface area contributed by atoms with Gasteiger partial charge in [0.15, 0.2) is 0 Å². The summed E-state index contributed by atoms with van der Waals surface area (Å²) in [7, 11) is 1.61. The zero-order valence-electron chi connectivity index (χ0n) is 13.7. The van der Waals surface area contributed by atoms with Crippen molar-refractivity contribution < 1.29 is 14.3 Å². The van der Waals surface area contributed by atoms with Crippen LogP contribution in [0.15, 0.2) is 78.9 Å². The number of hydrogen-bond acceptors (Lipinski definition) is 3. The van der Waals surface area contributed by atoms with E-state index >= 15 is 0 Å². The van der Waals surface area contributed by atoms with Crippen LogP contribution in [0.2, 0.25) is 0 Å². The number of rotatable bonds is 5. The zero-order chi connectivity index (χ0) is 17.5. The minimum absolute atomic E-state index is 0.315. The number of hydrogen-bond donors (Lipinski definition) is 2. The van der Waals surface area contributed by atoms with Gasteiger partial charge in [-0.2, -0.15) is 0 Å². The molecule has 0 unspecified atom stereocenters. The predicted molar refractivity (Wildman–Crippen MR) is 98.6 cm³/mol. The Hall–Kier alpha value is -3.47. The fourth-order valence-electron chi connectivity index (χ4n) is 2.25. The summed E-state index contributed by atoms with van der Waals surface area (Å²) >= 11 is 0. The van der Waals surface area contributed by atoms with E-state index in [0.717, 1.165) is 5.69 Å². The number of anilines is 2. The molecule has 2 N–H and O–H groups in total. The molecule has 0 fully saturated rings. The first kappa shape index (κ1) is 16.4. The van der Waals surface area contributed by atoms with Crippen molar-refractivity contribution in [1.82, 2.24) is 0 Å². The molecular weight excluding hydrogens is 316 g/mol. The molecule has 0 saturated heterocycles. The fraction of sp³-hybridized carbons (Fsp3) is 0.0500. The van der Waals surface area contributed by atoms with E-state index in [1.54, 1.807) is 25.3 Å². The van der Waals surface area contributed by atoms with E-state index in [4.69, 9.17) is 9.47 Å². The Balaban J connectivity index is 1.65. The lowest BCUT2D eigenvalue weighted by molar-refractivity contribution is 0.262. The molecule has 0 atom stereocenters. The van der Waals surface area contributed by atoms with Crippen molar-refractivity contribution in [2.45, 2.75) is 0 Å². The highest BCUT2D eigenvalue weighted by molar-refractivity contribution is 5.99. The van der Waals surface area contributed by atoms with Crippen molar-refractivity contribution in [2.75, 3.05) is 17.7 Å². The normalized spacial score (nSPS) is 9.96. The summed E-state index contributed by atoms with van der Waals surface area (Å²) in [5, 5.41) is 5.55. The SMILES string of the molecule is COc1cccc(Oc2cccc(NC(=O)Nc3ccccc3)c2)c1. The minimum Gasteiger partial charge on any atom is -0.497 e. The van der Waals surface area contributed by atoms with Crippen molar-refractivity contribution >= 4 is 17.4 Å². The standard InChI is InChI=1S/C20H18N2O3/c1-24-17-10-6-12-19(14-17)25-18-11-5-9-16(13-18)22-20(23)21-15-7-3-2-4-8-15/h2-14H,1H3,(H2,21,22,23). The van der Waals surface area contributed by atoms with Gasteiger partial charge in [0, 0.05) is 23.5 Å². The lowest BCUT2D eigenvalue weighted by Crippen LogP contribution is -2.19. The molecular formula is C20H18N2O3. The zero-order valence-corrected chi connectivity index (χ0v) is 13.7. The van der Waals surface area contributed by atoms with Crippen LogP contribution in [0.25, 0.3) is 0 Å². The third kappa shape index (κ3) is 4.75. The van der Waals surface area contributed by atoms with Crippen molar-refractivity contribution in [1.29, 1.82) is 0 Å². The Morgan fingerprint density at radius 2 is 1.32 bits per heavy atom. The highest BCUT2D eigenvalue weighted by atomic mass is 16.5. The Kier molecular flexibility index (Phi) is 5.16. The topological polar surface area (TPSA) is 59.6 Å². The number of urea groups is 1. The van der Waals surface area contributed by atoms with Crippen LogP contribution in [0.5, 0.6) is 17.2 Å². The molecule has 3 rings (SSSR count). The Bertz CT molecular complexity index is 850. The molecule has 0 aliphatic heterocycles. The highest BCUT2D eigenvalue weighted by Gasteiger charge is 2.05. The van der Waals surface area contributed by atoms with Crippen molar-refractivity contribution in [3.05, 3.63) is 78.9 Å². The molecule has 0 bridgehead atoms. The highest BCUT2D eigenvalue weighted by Crippen LogP contribution is 2.27. The smallest absolute Gasteiger partial charge is 0.323 e. The van der Waals surface area contributed by atoms with Crippen LogP contribution in [0.1, 0.15) is 0 Å². The van der Waals surface area contributed by atoms with Gasteiger partial charge in [0.25, 0.3) is 0 Å². The third-order valence-corrected chi connectivity index (χ3v) is 3.40. The predicted octanol–water partition coefficient (Wildman–Crippen LogP) is 5.13. The molecule has 2 amide bonds. The lowest BCUT2D eigenvalue weighted by Gasteiger charge is -2.10. The average molecular weight is 334 g/mol. The number of carbonyl (C=O) groups excluding carboxylic acids is 1. The summed E-state index contributed by atoms with van der Waals surface area (Å²) in [5.41, 5.74) is 1.36.